The first kappa shape index (κ1) is 6.66. The summed E-state index contributed by atoms with van der Waals surface area (Å²) in [7, 11) is 0. The van der Waals surface area contributed by atoms with E-state index in [1.807, 2.05) is 0 Å². The lowest BCUT2D eigenvalue weighted by Crippen LogP contribution is -2.04. The van der Waals surface area contributed by atoms with Crippen LogP contribution < -0.4 is 0 Å². The first-order chi connectivity index (χ1) is 5.29. The molecule has 0 bridgehead atoms. The molecule has 0 aliphatic heterocycles. The van der Waals surface area contributed by atoms with Gasteiger partial charge in [-0.1, -0.05) is 36.0 Å². The Morgan fingerprint density at radius 3 is 2.64 bits per heavy atom. The van der Waals surface area contributed by atoms with Crippen molar-refractivity contribution in [2.45, 2.75) is 13.8 Å². The van der Waals surface area contributed by atoms with Gasteiger partial charge in [0.2, 0.25) is 0 Å². The summed E-state index contributed by atoms with van der Waals surface area (Å²) in [4.78, 5) is 0. The van der Waals surface area contributed by atoms with Gasteiger partial charge < -0.3 is 0 Å². The Morgan fingerprint density at radius 2 is 1.91 bits per heavy atom. The highest BCUT2D eigenvalue weighted by Gasteiger charge is 2.19. The van der Waals surface area contributed by atoms with Gasteiger partial charge in [-0.15, -0.1) is 0 Å². The zero-order valence-corrected chi connectivity index (χ0v) is 6.96. The molecule has 0 aromatic rings. The van der Waals surface area contributed by atoms with Gasteiger partial charge in [-0.3, -0.25) is 0 Å². The number of hydrogen-bond acceptors (Lipinski definition) is 0. The molecule has 0 heteroatoms. The fraction of sp³-hybridized carbons (Fsp3) is 0.273. The van der Waals surface area contributed by atoms with E-state index in [0.29, 0.717) is 5.92 Å². The second-order valence-electron chi connectivity index (χ2n) is 3.24. The molecule has 0 radical (unpaired) electrons. The minimum Gasteiger partial charge on any atom is -0.0730 e. The van der Waals surface area contributed by atoms with Crippen LogP contribution in [0, 0.1) is 5.92 Å². The van der Waals surface area contributed by atoms with Gasteiger partial charge in [-0.05, 0) is 25.0 Å². The second kappa shape index (κ2) is 2.23. The number of rotatable bonds is 0. The molecule has 1 unspecified atom stereocenters. The molecule has 0 fully saturated rings. The average molecular weight is 144 g/mol. The smallest absolute Gasteiger partial charge is 0.0234 e. The summed E-state index contributed by atoms with van der Waals surface area (Å²) in [6.07, 6.45) is 11.0. The lowest BCUT2D eigenvalue weighted by atomic mass is 9.86. The van der Waals surface area contributed by atoms with Crippen molar-refractivity contribution < 1.29 is 0 Å². The maximum absolute atomic E-state index is 2.26. The van der Waals surface area contributed by atoms with Crippen LogP contribution in [0.3, 0.4) is 0 Å². The Labute approximate surface area is 67.6 Å². The van der Waals surface area contributed by atoms with Gasteiger partial charge in [0.15, 0.2) is 0 Å². The monoisotopic (exact) mass is 144 g/mol. The predicted octanol–water partition coefficient (Wildman–Crippen LogP) is 3.01. The zero-order valence-electron chi connectivity index (χ0n) is 6.96. The Balaban J connectivity index is 2.48. The molecule has 0 heterocycles. The van der Waals surface area contributed by atoms with E-state index >= 15 is 0 Å². The molecule has 0 aromatic carbocycles. The third-order valence-corrected chi connectivity index (χ3v) is 2.46. The van der Waals surface area contributed by atoms with E-state index < -0.39 is 0 Å². The Bertz CT molecular complexity index is 298. The van der Waals surface area contributed by atoms with Gasteiger partial charge in [0.05, 0.1) is 0 Å². The third-order valence-electron chi connectivity index (χ3n) is 2.46. The Kier molecular flexibility index (Phi) is 1.35. The van der Waals surface area contributed by atoms with E-state index in [2.05, 4.69) is 44.2 Å². The number of hydrogen-bond donors (Lipinski definition) is 0. The van der Waals surface area contributed by atoms with Crippen molar-refractivity contribution in [3.8, 4) is 0 Å². The molecule has 56 valence electrons. The van der Waals surface area contributed by atoms with Crippen LogP contribution in [0.1, 0.15) is 13.8 Å². The van der Waals surface area contributed by atoms with E-state index in [4.69, 9.17) is 0 Å². The Hall–Kier alpha value is -1.04. The largest absolute Gasteiger partial charge is 0.0730 e. The van der Waals surface area contributed by atoms with Crippen LogP contribution in [0.2, 0.25) is 0 Å². The van der Waals surface area contributed by atoms with Crippen molar-refractivity contribution in [1.82, 2.24) is 0 Å². The summed E-state index contributed by atoms with van der Waals surface area (Å²) in [6.45, 7) is 4.37. The van der Waals surface area contributed by atoms with Gasteiger partial charge in [0.1, 0.15) is 0 Å². The SMILES string of the molecule is CC1=CC=C(C)C2C=CC=C12. The van der Waals surface area contributed by atoms with Crippen LogP contribution in [0.15, 0.2) is 47.1 Å². The molecule has 0 saturated heterocycles. The van der Waals surface area contributed by atoms with Gasteiger partial charge in [-0.2, -0.15) is 0 Å². The zero-order chi connectivity index (χ0) is 7.84. The molecule has 2 aliphatic carbocycles. The number of fused-ring (bicyclic) bond motifs is 1. The standard InChI is InChI=1S/C11H12/c1-8-6-7-9(2)11-5-3-4-10(8)11/h3-7,10H,1-2H3. The van der Waals surface area contributed by atoms with Crippen molar-refractivity contribution in [2.24, 2.45) is 5.92 Å². The average Bonchev–Trinajstić information content (AvgIpc) is 2.45. The van der Waals surface area contributed by atoms with Crippen molar-refractivity contribution >= 4 is 0 Å². The highest BCUT2D eigenvalue weighted by Crippen LogP contribution is 2.34. The molecule has 0 aromatic heterocycles. The second-order valence-corrected chi connectivity index (χ2v) is 3.24. The molecule has 2 aliphatic rings. The van der Waals surface area contributed by atoms with E-state index in [9.17, 15) is 0 Å². The molecule has 1 atom stereocenters. The normalized spacial score (nSPS) is 27.5. The molecule has 0 nitrogen and oxygen atoms in total. The highest BCUT2D eigenvalue weighted by molar-refractivity contribution is 5.51. The van der Waals surface area contributed by atoms with Crippen molar-refractivity contribution in [3.05, 3.63) is 47.1 Å². The van der Waals surface area contributed by atoms with Gasteiger partial charge in [0, 0.05) is 5.92 Å². The van der Waals surface area contributed by atoms with E-state index in [-0.39, 0.29) is 0 Å². The maximum Gasteiger partial charge on any atom is 0.0234 e. The van der Waals surface area contributed by atoms with Crippen LogP contribution in [-0.4, -0.2) is 0 Å². The third kappa shape index (κ3) is 0.900. The van der Waals surface area contributed by atoms with Crippen molar-refractivity contribution in [2.75, 3.05) is 0 Å². The van der Waals surface area contributed by atoms with Crippen LogP contribution in [0.25, 0.3) is 0 Å². The van der Waals surface area contributed by atoms with Crippen molar-refractivity contribution in [3.63, 3.8) is 0 Å². The van der Waals surface area contributed by atoms with Crippen LogP contribution in [-0.2, 0) is 0 Å². The predicted molar refractivity (Wildman–Crippen MR) is 48.2 cm³/mol. The van der Waals surface area contributed by atoms with Gasteiger partial charge >= 0.3 is 0 Å². The summed E-state index contributed by atoms with van der Waals surface area (Å²) < 4.78 is 0. The first-order valence-corrected chi connectivity index (χ1v) is 4.03. The number of allylic oxidation sites excluding steroid dienone is 8. The molecule has 0 amide bonds. The molecule has 0 spiro atoms. The maximum atomic E-state index is 2.26. The summed E-state index contributed by atoms with van der Waals surface area (Å²) in [6, 6.07) is 0. The summed E-state index contributed by atoms with van der Waals surface area (Å²) in [5.41, 5.74) is 4.34. The van der Waals surface area contributed by atoms with Crippen LogP contribution >= 0.6 is 0 Å². The quantitative estimate of drug-likeness (QED) is 0.490. The molecular weight excluding hydrogens is 132 g/mol. The summed E-state index contributed by atoms with van der Waals surface area (Å²) >= 11 is 0. The van der Waals surface area contributed by atoms with Crippen LogP contribution in [0.5, 0.6) is 0 Å². The summed E-state index contributed by atoms with van der Waals surface area (Å²) in [5.74, 6) is 0.583. The molecule has 0 N–H and O–H groups in total. The molecule has 11 heavy (non-hydrogen) atoms. The fourth-order valence-electron chi connectivity index (χ4n) is 1.71. The topological polar surface area (TPSA) is 0 Å². The lowest BCUT2D eigenvalue weighted by Gasteiger charge is -2.18. The minimum atomic E-state index is 0.583. The van der Waals surface area contributed by atoms with E-state index in [1.165, 1.54) is 16.7 Å². The lowest BCUT2D eigenvalue weighted by molar-refractivity contribution is 0.904. The highest BCUT2D eigenvalue weighted by atomic mass is 14.2. The minimum absolute atomic E-state index is 0.583. The van der Waals surface area contributed by atoms with Gasteiger partial charge in [-0.25, -0.2) is 0 Å². The Morgan fingerprint density at radius 1 is 1.09 bits per heavy atom. The molecular formula is C11H12. The fourth-order valence-corrected chi connectivity index (χ4v) is 1.71. The van der Waals surface area contributed by atoms with Gasteiger partial charge in [0.25, 0.3) is 0 Å². The summed E-state index contributed by atoms with van der Waals surface area (Å²) in [5, 5.41) is 0. The molecule has 0 saturated carbocycles. The van der Waals surface area contributed by atoms with E-state index in [0.717, 1.165) is 0 Å². The molecule has 2 rings (SSSR count). The van der Waals surface area contributed by atoms with E-state index in [1.54, 1.807) is 0 Å². The van der Waals surface area contributed by atoms with Crippen molar-refractivity contribution in [1.29, 1.82) is 0 Å². The van der Waals surface area contributed by atoms with Crippen LogP contribution in [0.4, 0.5) is 0 Å². The first-order valence-electron chi connectivity index (χ1n) is 4.03.